The average molecular weight is 355 g/mol. The number of amides is 1. The summed E-state index contributed by atoms with van der Waals surface area (Å²) in [7, 11) is 0. The van der Waals surface area contributed by atoms with E-state index in [0.29, 0.717) is 10.6 Å². The van der Waals surface area contributed by atoms with E-state index in [9.17, 15) is 26.7 Å². The Kier molecular flexibility index (Phi) is 4.15. The number of para-hydroxylation sites is 2. The molecule has 9 heteroatoms. The number of fused-ring (bicyclic) bond motifs is 1. The molecule has 3 rings (SSSR count). The molecule has 0 aliphatic rings. The number of anilines is 1. The molecule has 1 N–H and O–H groups in total. The van der Waals surface area contributed by atoms with Gasteiger partial charge < -0.3 is 9.88 Å². The third kappa shape index (κ3) is 3.59. The first-order valence-electron chi connectivity index (χ1n) is 7.02. The topological polar surface area (TPSA) is 46.9 Å². The number of hydrogen-bond donors (Lipinski definition) is 1. The van der Waals surface area contributed by atoms with Crippen molar-refractivity contribution in [3.05, 3.63) is 59.9 Å². The first kappa shape index (κ1) is 16.9. The van der Waals surface area contributed by atoms with Gasteiger partial charge in [0.2, 0.25) is 11.7 Å². The molecular weight excluding hydrogens is 345 g/mol. The molecule has 0 radical (unpaired) electrons. The van der Waals surface area contributed by atoms with Crippen molar-refractivity contribution < 1.29 is 26.7 Å². The van der Waals surface area contributed by atoms with E-state index in [4.69, 9.17) is 0 Å². The van der Waals surface area contributed by atoms with Crippen LogP contribution in [0.2, 0.25) is 0 Å². The maximum absolute atomic E-state index is 13.2. The predicted octanol–water partition coefficient (Wildman–Crippen LogP) is 3.97. The number of imidazole rings is 1. The first-order valence-corrected chi connectivity index (χ1v) is 7.02. The minimum absolute atomic E-state index is 0.0828. The fraction of sp³-hybridized carbons (Fsp3) is 0.125. The van der Waals surface area contributed by atoms with E-state index in [0.717, 1.165) is 12.1 Å². The van der Waals surface area contributed by atoms with E-state index in [1.54, 1.807) is 0 Å². The summed E-state index contributed by atoms with van der Waals surface area (Å²) < 4.78 is 66.4. The Morgan fingerprint density at radius 1 is 1.08 bits per heavy atom. The molecule has 1 aromatic heterocycles. The highest BCUT2D eigenvalue weighted by Crippen LogP contribution is 2.31. The molecule has 0 saturated carbocycles. The number of alkyl halides is 3. The van der Waals surface area contributed by atoms with Crippen molar-refractivity contribution in [2.75, 3.05) is 5.32 Å². The highest BCUT2D eigenvalue weighted by atomic mass is 19.4. The van der Waals surface area contributed by atoms with Crippen molar-refractivity contribution in [1.29, 1.82) is 0 Å². The van der Waals surface area contributed by atoms with Gasteiger partial charge in [0.05, 0.1) is 11.0 Å². The molecule has 0 saturated heterocycles. The van der Waals surface area contributed by atoms with Gasteiger partial charge in [-0.2, -0.15) is 13.2 Å². The van der Waals surface area contributed by atoms with Crippen LogP contribution in [0.15, 0.2) is 42.5 Å². The molecule has 0 spiro atoms. The van der Waals surface area contributed by atoms with Gasteiger partial charge in [0.15, 0.2) is 0 Å². The van der Waals surface area contributed by atoms with E-state index in [-0.39, 0.29) is 16.7 Å². The zero-order valence-electron chi connectivity index (χ0n) is 12.4. The lowest BCUT2D eigenvalue weighted by molar-refractivity contribution is -0.147. The lowest BCUT2D eigenvalue weighted by atomic mass is 10.3. The third-order valence-electron chi connectivity index (χ3n) is 3.36. The van der Waals surface area contributed by atoms with Crippen LogP contribution < -0.4 is 5.32 Å². The molecule has 130 valence electrons. The number of nitrogens with zero attached hydrogens (tertiary/aromatic N) is 2. The molecule has 0 aliphatic heterocycles. The SMILES string of the molecule is O=C(Cn1c(C(F)(F)F)nc2ccccc21)Nc1cc(F)cc(F)c1. The fourth-order valence-corrected chi connectivity index (χ4v) is 2.42. The lowest BCUT2D eigenvalue weighted by Crippen LogP contribution is -2.23. The summed E-state index contributed by atoms with van der Waals surface area (Å²) in [6.07, 6.45) is -4.76. The van der Waals surface area contributed by atoms with E-state index >= 15 is 0 Å². The highest BCUT2D eigenvalue weighted by molar-refractivity contribution is 5.91. The van der Waals surface area contributed by atoms with Crippen LogP contribution in [0.25, 0.3) is 11.0 Å². The molecule has 0 fully saturated rings. The second-order valence-corrected chi connectivity index (χ2v) is 5.21. The number of benzene rings is 2. The Morgan fingerprint density at radius 3 is 2.36 bits per heavy atom. The Morgan fingerprint density at radius 2 is 1.72 bits per heavy atom. The second-order valence-electron chi connectivity index (χ2n) is 5.21. The summed E-state index contributed by atoms with van der Waals surface area (Å²) in [5.74, 6) is -3.94. The molecule has 0 atom stereocenters. The van der Waals surface area contributed by atoms with Gasteiger partial charge >= 0.3 is 6.18 Å². The number of hydrogen-bond acceptors (Lipinski definition) is 2. The van der Waals surface area contributed by atoms with Crippen LogP contribution in [-0.4, -0.2) is 15.5 Å². The smallest absolute Gasteiger partial charge is 0.324 e. The summed E-state index contributed by atoms with van der Waals surface area (Å²) in [5, 5.41) is 2.17. The molecule has 1 heterocycles. The monoisotopic (exact) mass is 355 g/mol. The molecule has 0 aliphatic carbocycles. The summed E-state index contributed by atoms with van der Waals surface area (Å²) in [4.78, 5) is 15.6. The van der Waals surface area contributed by atoms with E-state index in [2.05, 4.69) is 10.3 Å². The van der Waals surface area contributed by atoms with Crippen molar-refractivity contribution in [3.8, 4) is 0 Å². The standard InChI is InChI=1S/C16H10F5N3O/c17-9-5-10(18)7-11(6-9)22-14(25)8-24-13-4-2-1-3-12(13)23-15(24)16(19,20)21/h1-7H,8H2,(H,22,25). The van der Waals surface area contributed by atoms with Gasteiger partial charge in [-0.1, -0.05) is 12.1 Å². The van der Waals surface area contributed by atoms with Crippen molar-refractivity contribution in [2.45, 2.75) is 12.7 Å². The van der Waals surface area contributed by atoms with E-state index in [1.807, 2.05) is 0 Å². The van der Waals surface area contributed by atoms with Crippen LogP contribution in [-0.2, 0) is 17.5 Å². The number of nitrogens with one attached hydrogen (secondary N) is 1. The zero-order chi connectivity index (χ0) is 18.2. The van der Waals surface area contributed by atoms with Crippen LogP contribution in [0.5, 0.6) is 0 Å². The van der Waals surface area contributed by atoms with Gasteiger partial charge in [0, 0.05) is 11.8 Å². The zero-order valence-corrected chi connectivity index (χ0v) is 12.4. The van der Waals surface area contributed by atoms with Crippen molar-refractivity contribution in [2.24, 2.45) is 0 Å². The van der Waals surface area contributed by atoms with Gasteiger partial charge in [0.1, 0.15) is 18.2 Å². The number of rotatable bonds is 3. The van der Waals surface area contributed by atoms with Crippen LogP contribution in [0.3, 0.4) is 0 Å². The van der Waals surface area contributed by atoms with Crippen LogP contribution in [0.4, 0.5) is 27.6 Å². The molecular formula is C16H10F5N3O. The number of aromatic nitrogens is 2. The molecule has 0 unspecified atom stereocenters. The molecule has 0 bridgehead atoms. The van der Waals surface area contributed by atoms with Crippen LogP contribution in [0.1, 0.15) is 5.82 Å². The van der Waals surface area contributed by atoms with Crippen LogP contribution in [0, 0.1) is 11.6 Å². The van der Waals surface area contributed by atoms with Gasteiger partial charge in [-0.15, -0.1) is 0 Å². The summed E-state index contributed by atoms with van der Waals surface area (Å²) in [6, 6.07) is 8.15. The van der Waals surface area contributed by atoms with Crippen molar-refractivity contribution in [1.82, 2.24) is 9.55 Å². The van der Waals surface area contributed by atoms with Gasteiger partial charge in [-0.3, -0.25) is 4.79 Å². The Bertz CT molecular complexity index is 928. The van der Waals surface area contributed by atoms with Crippen molar-refractivity contribution in [3.63, 3.8) is 0 Å². The lowest BCUT2D eigenvalue weighted by Gasteiger charge is -2.12. The number of halogens is 5. The molecule has 1 amide bonds. The first-order chi connectivity index (χ1) is 11.7. The Balaban J connectivity index is 1.92. The third-order valence-corrected chi connectivity index (χ3v) is 3.36. The minimum Gasteiger partial charge on any atom is -0.324 e. The van der Waals surface area contributed by atoms with E-state index in [1.165, 1.54) is 24.3 Å². The Hall–Kier alpha value is -2.97. The molecule has 25 heavy (non-hydrogen) atoms. The maximum atomic E-state index is 13.2. The molecule has 3 aromatic rings. The van der Waals surface area contributed by atoms with Crippen molar-refractivity contribution >= 4 is 22.6 Å². The maximum Gasteiger partial charge on any atom is 0.449 e. The molecule has 4 nitrogen and oxygen atoms in total. The van der Waals surface area contributed by atoms with E-state index < -0.39 is 36.1 Å². The number of carbonyl (C=O) groups excluding carboxylic acids is 1. The minimum atomic E-state index is -4.76. The van der Waals surface area contributed by atoms with Gasteiger partial charge in [0.25, 0.3) is 0 Å². The fourth-order valence-electron chi connectivity index (χ4n) is 2.42. The Labute approximate surface area is 137 Å². The summed E-state index contributed by atoms with van der Waals surface area (Å²) >= 11 is 0. The van der Waals surface area contributed by atoms with Gasteiger partial charge in [-0.25, -0.2) is 13.8 Å². The largest absolute Gasteiger partial charge is 0.449 e. The average Bonchev–Trinajstić information content (AvgIpc) is 2.85. The summed E-state index contributed by atoms with van der Waals surface area (Å²) in [6.45, 7) is -0.715. The normalized spacial score (nSPS) is 11.7. The van der Waals surface area contributed by atoms with Crippen LogP contribution >= 0.6 is 0 Å². The molecule has 2 aromatic carbocycles. The predicted molar refractivity (Wildman–Crippen MR) is 79.7 cm³/mol. The van der Waals surface area contributed by atoms with Gasteiger partial charge in [-0.05, 0) is 24.3 Å². The second kappa shape index (κ2) is 6.15. The highest BCUT2D eigenvalue weighted by Gasteiger charge is 2.38. The quantitative estimate of drug-likeness (QED) is 0.723. The number of carbonyl (C=O) groups is 1. The summed E-state index contributed by atoms with van der Waals surface area (Å²) in [5.41, 5.74) is 0.00954.